The fourth-order valence-electron chi connectivity index (χ4n) is 4.35. The molecule has 3 amide bonds. The van der Waals surface area contributed by atoms with Crippen molar-refractivity contribution in [2.24, 2.45) is 0 Å². The van der Waals surface area contributed by atoms with Crippen molar-refractivity contribution in [3.05, 3.63) is 59.1 Å². The van der Waals surface area contributed by atoms with Crippen molar-refractivity contribution in [3.8, 4) is 0 Å². The molecule has 0 saturated carbocycles. The van der Waals surface area contributed by atoms with Gasteiger partial charge in [0.25, 0.3) is 5.91 Å². The fourth-order valence-corrected chi connectivity index (χ4v) is 4.53. The number of hydrogen-bond donors (Lipinski definition) is 2. The van der Waals surface area contributed by atoms with E-state index in [1.165, 1.54) is 7.11 Å². The first kappa shape index (κ1) is 19.7. The number of anilines is 2. The van der Waals surface area contributed by atoms with E-state index < -0.39 is 0 Å². The number of aliphatic hydroxyl groups excluding tert-OH is 1. The van der Waals surface area contributed by atoms with E-state index in [0.29, 0.717) is 17.3 Å². The molecule has 2 aliphatic heterocycles. The molecule has 1 saturated heterocycles. The molecule has 8 heteroatoms. The van der Waals surface area contributed by atoms with E-state index in [1.54, 1.807) is 34.1 Å². The summed E-state index contributed by atoms with van der Waals surface area (Å²) in [6.07, 6.45) is 0. The summed E-state index contributed by atoms with van der Waals surface area (Å²) in [5, 5.41) is 13.3. The van der Waals surface area contributed by atoms with Crippen molar-refractivity contribution in [2.75, 3.05) is 37.1 Å². The molecule has 152 valence electrons. The molecule has 0 aliphatic carbocycles. The summed E-state index contributed by atoms with van der Waals surface area (Å²) < 4.78 is 5.02. The van der Waals surface area contributed by atoms with E-state index in [2.05, 4.69) is 5.32 Å². The fraction of sp³-hybridized carbons (Fsp3) is 0.333. The number of para-hydroxylation sites is 2. The SMILES string of the molecule is COCC(=O)N1C[C@@H]2[C@H](c3ccccc31)[C@H](CO)N2C(=O)Nc1ccccc1Cl. The Bertz CT molecular complexity index is 938. The average Bonchev–Trinajstić information content (AvgIpc) is 2.70. The Morgan fingerprint density at radius 2 is 1.93 bits per heavy atom. The van der Waals surface area contributed by atoms with Crippen molar-refractivity contribution in [2.45, 2.75) is 18.0 Å². The van der Waals surface area contributed by atoms with Crippen LogP contribution in [-0.4, -0.2) is 60.9 Å². The van der Waals surface area contributed by atoms with Crippen LogP contribution >= 0.6 is 11.6 Å². The van der Waals surface area contributed by atoms with Gasteiger partial charge in [0.05, 0.1) is 29.4 Å². The van der Waals surface area contributed by atoms with Crippen LogP contribution in [-0.2, 0) is 9.53 Å². The molecule has 2 aromatic rings. The summed E-state index contributed by atoms with van der Waals surface area (Å²) in [4.78, 5) is 28.9. The van der Waals surface area contributed by atoms with Gasteiger partial charge in [-0.25, -0.2) is 4.79 Å². The summed E-state index contributed by atoms with van der Waals surface area (Å²) in [7, 11) is 1.48. The highest BCUT2D eigenvalue weighted by Crippen LogP contribution is 2.48. The summed E-state index contributed by atoms with van der Waals surface area (Å²) >= 11 is 6.16. The zero-order chi connectivity index (χ0) is 20.5. The Morgan fingerprint density at radius 1 is 1.21 bits per heavy atom. The second kappa shape index (κ2) is 8.02. The summed E-state index contributed by atoms with van der Waals surface area (Å²) in [6, 6.07) is 13.6. The monoisotopic (exact) mass is 415 g/mol. The number of rotatable bonds is 4. The number of urea groups is 1. The Balaban J connectivity index is 1.63. The number of aliphatic hydroxyl groups is 1. The number of benzene rings is 2. The van der Waals surface area contributed by atoms with Gasteiger partial charge in [-0.2, -0.15) is 0 Å². The maximum atomic E-state index is 13.0. The van der Waals surface area contributed by atoms with Gasteiger partial charge in [0.15, 0.2) is 0 Å². The molecule has 3 atom stereocenters. The molecule has 0 unspecified atom stereocenters. The van der Waals surface area contributed by atoms with Crippen LogP contribution < -0.4 is 10.2 Å². The Morgan fingerprint density at radius 3 is 2.66 bits per heavy atom. The highest BCUT2D eigenvalue weighted by atomic mass is 35.5. The summed E-state index contributed by atoms with van der Waals surface area (Å²) in [5.41, 5.74) is 2.26. The molecule has 2 N–H and O–H groups in total. The van der Waals surface area contributed by atoms with Gasteiger partial charge in [0.2, 0.25) is 0 Å². The predicted octanol–water partition coefficient (Wildman–Crippen LogP) is 2.69. The number of halogens is 1. The molecule has 1 fully saturated rings. The zero-order valence-corrected chi connectivity index (χ0v) is 16.7. The highest BCUT2D eigenvalue weighted by Gasteiger charge is 2.55. The molecule has 0 spiro atoms. The van der Waals surface area contributed by atoms with Gasteiger partial charge in [-0.15, -0.1) is 0 Å². The maximum absolute atomic E-state index is 13.0. The van der Waals surface area contributed by atoms with E-state index in [1.807, 2.05) is 24.3 Å². The third kappa shape index (κ3) is 3.35. The minimum atomic E-state index is -0.372. The summed E-state index contributed by atoms with van der Waals surface area (Å²) in [6.45, 7) is 0.134. The first-order valence-electron chi connectivity index (χ1n) is 9.39. The number of nitrogens with one attached hydrogen (secondary N) is 1. The zero-order valence-electron chi connectivity index (χ0n) is 15.9. The Labute approximate surface area is 173 Å². The largest absolute Gasteiger partial charge is 0.394 e. The van der Waals surface area contributed by atoms with Gasteiger partial charge >= 0.3 is 6.03 Å². The van der Waals surface area contributed by atoms with Crippen LogP contribution in [0.15, 0.2) is 48.5 Å². The highest BCUT2D eigenvalue weighted by molar-refractivity contribution is 6.33. The van der Waals surface area contributed by atoms with Gasteiger partial charge in [-0.3, -0.25) is 4.79 Å². The third-order valence-electron chi connectivity index (χ3n) is 5.61. The van der Waals surface area contributed by atoms with Gasteiger partial charge < -0.3 is 25.0 Å². The van der Waals surface area contributed by atoms with E-state index in [9.17, 15) is 14.7 Å². The number of ether oxygens (including phenoxy) is 1. The number of fused-ring (bicyclic) bond motifs is 3. The van der Waals surface area contributed by atoms with Crippen LogP contribution in [0.5, 0.6) is 0 Å². The number of likely N-dealkylation sites (tertiary alicyclic amines) is 1. The van der Waals surface area contributed by atoms with Crippen LogP contribution in [0, 0.1) is 0 Å². The molecule has 0 aromatic heterocycles. The van der Waals surface area contributed by atoms with E-state index in [0.717, 1.165) is 11.3 Å². The van der Waals surface area contributed by atoms with Crippen molar-refractivity contribution in [3.63, 3.8) is 0 Å². The normalized spacial score (nSPS) is 22.4. The van der Waals surface area contributed by atoms with E-state index in [-0.39, 0.29) is 43.2 Å². The summed E-state index contributed by atoms with van der Waals surface area (Å²) in [5.74, 6) is -0.211. The molecule has 0 bridgehead atoms. The second-order valence-electron chi connectivity index (χ2n) is 7.16. The molecular formula is C21H22ClN3O4. The Hall–Kier alpha value is -2.61. The lowest BCUT2D eigenvalue weighted by molar-refractivity contribution is -0.123. The first-order valence-corrected chi connectivity index (χ1v) is 9.77. The lowest BCUT2D eigenvalue weighted by atomic mass is 9.72. The van der Waals surface area contributed by atoms with Crippen LogP contribution in [0.25, 0.3) is 0 Å². The smallest absolute Gasteiger partial charge is 0.322 e. The number of nitrogens with zero attached hydrogens (tertiary/aromatic N) is 2. The topological polar surface area (TPSA) is 82.1 Å². The van der Waals surface area contributed by atoms with Crippen molar-refractivity contribution in [1.82, 2.24) is 4.90 Å². The van der Waals surface area contributed by atoms with Crippen LogP contribution in [0.1, 0.15) is 11.5 Å². The van der Waals surface area contributed by atoms with Crippen molar-refractivity contribution in [1.29, 1.82) is 0 Å². The minimum absolute atomic E-state index is 0.0407. The lowest BCUT2D eigenvalue weighted by Crippen LogP contribution is -2.71. The lowest BCUT2D eigenvalue weighted by Gasteiger charge is -2.58. The number of carbonyl (C=O) groups is 2. The van der Waals surface area contributed by atoms with Gasteiger partial charge in [0.1, 0.15) is 6.61 Å². The van der Waals surface area contributed by atoms with Crippen LogP contribution in [0.3, 0.4) is 0 Å². The van der Waals surface area contributed by atoms with Crippen LogP contribution in [0.2, 0.25) is 5.02 Å². The molecule has 7 nitrogen and oxygen atoms in total. The molecule has 2 heterocycles. The van der Waals surface area contributed by atoms with E-state index >= 15 is 0 Å². The van der Waals surface area contributed by atoms with Gasteiger partial charge in [-0.1, -0.05) is 41.9 Å². The van der Waals surface area contributed by atoms with Gasteiger partial charge in [-0.05, 0) is 23.8 Å². The minimum Gasteiger partial charge on any atom is -0.394 e. The number of methoxy groups -OCH3 is 1. The van der Waals surface area contributed by atoms with Gasteiger partial charge in [0, 0.05) is 25.3 Å². The molecule has 2 aliphatic rings. The molecule has 29 heavy (non-hydrogen) atoms. The standard InChI is InChI=1S/C21H22ClN3O4/c1-29-12-19(27)24-10-17-20(13-6-2-5-9-16(13)24)18(11-26)25(17)21(28)23-15-8-4-3-7-14(15)22/h2-9,17-18,20,26H,10-12H2,1H3,(H,23,28)/t17-,18+,20+/m1/s1. The number of carbonyl (C=O) groups excluding carboxylic acids is 2. The number of hydrogen-bond acceptors (Lipinski definition) is 4. The first-order chi connectivity index (χ1) is 14.1. The molecular weight excluding hydrogens is 394 g/mol. The second-order valence-corrected chi connectivity index (χ2v) is 7.56. The Kier molecular flexibility index (Phi) is 5.45. The van der Waals surface area contributed by atoms with Crippen LogP contribution in [0.4, 0.5) is 16.2 Å². The maximum Gasteiger partial charge on any atom is 0.322 e. The number of amides is 3. The van der Waals surface area contributed by atoms with E-state index in [4.69, 9.17) is 16.3 Å². The quantitative estimate of drug-likeness (QED) is 0.804. The average molecular weight is 416 g/mol. The van der Waals surface area contributed by atoms with Crippen molar-refractivity contribution < 1.29 is 19.4 Å². The molecule has 2 aromatic carbocycles. The third-order valence-corrected chi connectivity index (χ3v) is 5.94. The van der Waals surface area contributed by atoms with Crippen molar-refractivity contribution >= 4 is 34.9 Å². The predicted molar refractivity (Wildman–Crippen MR) is 110 cm³/mol. The molecule has 4 rings (SSSR count). The molecule has 0 radical (unpaired) electrons.